The average Bonchev–Trinajstić information content (AvgIpc) is 2.49. The lowest BCUT2D eigenvalue weighted by Crippen LogP contribution is -2.39. The SMILES string of the molecule is Cc1[nH]c(=O)[nH]c(=O)c1NC(=O)C(Oc1ccc(Cl)cc1)C(C)C. The number of amides is 1. The van der Waals surface area contributed by atoms with Crippen LogP contribution in [-0.2, 0) is 4.79 Å². The van der Waals surface area contributed by atoms with Crippen molar-refractivity contribution in [1.82, 2.24) is 9.97 Å². The van der Waals surface area contributed by atoms with Gasteiger partial charge in [0.15, 0.2) is 6.10 Å². The van der Waals surface area contributed by atoms with E-state index >= 15 is 0 Å². The van der Waals surface area contributed by atoms with Gasteiger partial charge in [-0.15, -0.1) is 0 Å². The molecule has 8 heteroatoms. The van der Waals surface area contributed by atoms with Crippen molar-refractivity contribution in [3.8, 4) is 5.75 Å². The highest BCUT2D eigenvalue weighted by Crippen LogP contribution is 2.20. The summed E-state index contributed by atoms with van der Waals surface area (Å²) in [6, 6.07) is 6.62. The van der Waals surface area contributed by atoms with E-state index in [-0.39, 0.29) is 17.3 Å². The van der Waals surface area contributed by atoms with Crippen LogP contribution in [0, 0.1) is 12.8 Å². The Bertz CT molecular complexity index is 840. The molecule has 1 amide bonds. The van der Waals surface area contributed by atoms with Gasteiger partial charge in [-0.25, -0.2) is 4.79 Å². The topological polar surface area (TPSA) is 104 Å². The summed E-state index contributed by atoms with van der Waals surface area (Å²) >= 11 is 5.83. The molecule has 0 spiro atoms. The number of carbonyl (C=O) groups excluding carboxylic acids is 1. The molecule has 0 saturated carbocycles. The first-order chi connectivity index (χ1) is 11.3. The third kappa shape index (κ3) is 4.26. The zero-order valence-corrected chi connectivity index (χ0v) is 14.2. The number of ether oxygens (including phenoxy) is 1. The first-order valence-corrected chi connectivity index (χ1v) is 7.72. The minimum absolute atomic E-state index is 0.00930. The molecule has 0 saturated heterocycles. The van der Waals surface area contributed by atoms with Crippen LogP contribution in [0.5, 0.6) is 5.75 Å². The third-order valence-electron chi connectivity index (χ3n) is 3.32. The number of hydrogen-bond acceptors (Lipinski definition) is 4. The second kappa shape index (κ2) is 7.35. The summed E-state index contributed by atoms with van der Waals surface area (Å²) in [6.45, 7) is 5.17. The second-order valence-electron chi connectivity index (χ2n) is 5.63. The van der Waals surface area contributed by atoms with Crippen LogP contribution in [0.3, 0.4) is 0 Å². The maximum Gasteiger partial charge on any atom is 0.326 e. The number of aryl methyl sites for hydroxylation is 1. The predicted octanol–water partition coefficient (Wildman–Crippen LogP) is 2.07. The van der Waals surface area contributed by atoms with Gasteiger partial charge in [-0.05, 0) is 37.1 Å². The van der Waals surface area contributed by atoms with E-state index in [1.807, 2.05) is 13.8 Å². The minimum Gasteiger partial charge on any atom is -0.480 e. The normalized spacial score (nSPS) is 12.0. The van der Waals surface area contributed by atoms with E-state index in [2.05, 4.69) is 15.3 Å². The van der Waals surface area contributed by atoms with Crippen LogP contribution in [0.25, 0.3) is 0 Å². The summed E-state index contributed by atoms with van der Waals surface area (Å²) in [5, 5.41) is 3.07. The van der Waals surface area contributed by atoms with Gasteiger partial charge in [-0.2, -0.15) is 0 Å². The van der Waals surface area contributed by atoms with E-state index in [0.29, 0.717) is 10.8 Å². The van der Waals surface area contributed by atoms with E-state index in [1.165, 1.54) is 6.92 Å². The van der Waals surface area contributed by atoms with Crippen LogP contribution < -0.4 is 21.3 Å². The summed E-state index contributed by atoms with van der Waals surface area (Å²) in [5.74, 6) is -0.149. The molecule has 1 unspecified atom stereocenters. The van der Waals surface area contributed by atoms with Crippen LogP contribution >= 0.6 is 11.6 Å². The van der Waals surface area contributed by atoms with Crippen molar-refractivity contribution in [1.29, 1.82) is 0 Å². The van der Waals surface area contributed by atoms with Crippen molar-refractivity contribution in [2.24, 2.45) is 5.92 Å². The Balaban J connectivity index is 2.22. The van der Waals surface area contributed by atoms with Gasteiger partial charge < -0.3 is 15.0 Å². The Morgan fingerprint density at radius 3 is 2.33 bits per heavy atom. The quantitative estimate of drug-likeness (QED) is 0.767. The highest BCUT2D eigenvalue weighted by Gasteiger charge is 2.25. The molecule has 1 aromatic carbocycles. The van der Waals surface area contributed by atoms with Gasteiger partial charge >= 0.3 is 5.69 Å². The molecule has 0 aliphatic rings. The number of aromatic amines is 2. The van der Waals surface area contributed by atoms with Crippen molar-refractivity contribution in [3.63, 3.8) is 0 Å². The van der Waals surface area contributed by atoms with Gasteiger partial charge in [0, 0.05) is 10.7 Å². The van der Waals surface area contributed by atoms with Crippen LogP contribution in [0.4, 0.5) is 5.69 Å². The van der Waals surface area contributed by atoms with Gasteiger partial charge in [-0.1, -0.05) is 25.4 Å². The van der Waals surface area contributed by atoms with Gasteiger partial charge in [-0.3, -0.25) is 14.6 Å². The third-order valence-corrected chi connectivity index (χ3v) is 3.57. The minimum atomic E-state index is -0.822. The number of nitrogens with one attached hydrogen (secondary N) is 3. The molecular formula is C16H18ClN3O4. The van der Waals surface area contributed by atoms with Crippen molar-refractivity contribution >= 4 is 23.2 Å². The number of carbonyl (C=O) groups is 1. The number of aromatic nitrogens is 2. The molecule has 2 aromatic rings. The number of rotatable bonds is 5. The number of hydrogen-bond donors (Lipinski definition) is 3. The fraction of sp³-hybridized carbons (Fsp3) is 0.312. The molecule has 0 bridgehead atoms. The van der Waals surface area contributed by atoms with Gasteiger partial charge in [0.1, 0.15) is 11.4 Å². The zero-order chi connectivity index (χ0) is 17.9. The van der Waals surface area contributed by atoms with E-state index < -0.39 is 23.3 Å². The molecule has 1 aromatic heterocycles. The summed E-state index contributed by atoms with van der Waals surface area (Å²) < 4.78 is 5.71. The largest absolute Gasteiger partial charge is 0.480 e. The summed E-state index contributed by atoms with van der Waals surface area (Å²) in [5.41, 5.74) is -1.04. The van der Waals surface area contributed by atoms with Crippen molar-refractivity contribution in [3.05, 3.63) is 55.8 Å². The number of benzene rings is 1. The number of anilines is 1. The monoisotopic (exact) mass is 351 g/mol. The summed E-state index contributed by atoms with van der Waals surface area (Å²) in [7, 11) is 0. The van der Waals surface area contributed by atoms with Crippen LogP contribution in [0.1, 0.15) is 19.5 Å². The second-order valence-corrected chi connectivity index (χ2v) is 6.07. The molecular weight excluding hydrogens is 334 g/mol. The lowest BCUT2D eigenvalue weighted by molar-refractivity contribution is -0.124. The molecule has 3 N–H and O–H groups in total. The van der Waals surface area contributed by atoms with E-state index in [0.717, 1.165) is 0 Å². The summed E-state index contributed by atoms with van der Waals surface area (Å²) in [4.78, 5) is 40.0. The van der Waals surface area contributed by atoms with Crippen LogP contribution in [-0.4, -0.2) is 22.0 Å². The van der Waals surface area contributed by atoms with Crippen LogP contribution in [0.2, 0.25) is 5.02 Å². The van der Waals surface area contributed by atoms with E-state index in [1.54, 1.807) is 24.3 Å². The van der Waals surface area contributed by atoms with Gasteiger partial charge in [0.05, 0.1) is 0 Å². The lowest BCUT2D eigenvalue weighted by Gasteiger charge is -2.22. The number of halogens is 1. The van der Waals surface area contributed by atoms with Gasteiger partial charge in [0.2, 0.25) is 0 Å². The maximum absolute atomic E-state index is 12.5. The molecule has 0 aliphatic carbocycles. The molecule has 1 atom stereocenters. The Morgan fingerprint density at radius 1 is 1.17 bits per heavy atom. The molecule has 24 heavy (non-hydrogen) atoms. The first-order valence-electron chi connectivity index (χ1n) is 7.34. The molecule has 0 radical (unpaired) electrons. The Labute approximate surface area is 143 Å². The highest BCUT2D eigenvalue weighted by molar-refractivity contribution is 6.30. The van der Waals surface area contributed by atoms with E-state index in [9.17, 15) is 14.4 Å². The predicted molar refractivity (Wildman–Crippen MR) is 91.8 cm³/mol. The molecule has 2 rings (SSSR count). The molecule has 128 valence electrons. The smallest absolute Gasteiger partial charge is 0.326 e. The zero-order valence-electron chi connectivity index (χ0n) is 13.5. The van der Waals surface area contributed by atoms with Crippen molar-refractivity contribution < 1.29 is 9.53 Å². The highest BCUT2D eigenvalue weighted by atomic mass is 35.5. The lowest BCUT2D eigenvalue weighted by atomic mass is 10.1. The summed E-state index contributed by atoms with van der Waals surface area (Å²) in [6.07, 6.45) is -0.822. The molecule has 0 fully saturated rings. The fourth-order valence-electron chi connectivity index (χ4n) is 2.10. The van der Waals surface area contributed by atoms with Crippen molar-refractivity contribution in [2.75, 3.05) is 5.32 Å². The molecule has 7 nitrogen and oxygen atoms in total. The Hall–Kier alpha value is -2.54. The molecule has 1 heterocycles. The fourth-order valence-corrected chi connectivity index (χ4v) is 2.22. The average molecular weight is 352 g/mol. The van der Waals surface area contributed by atoms with Crippen molar-refractivity contribution in [2.45, 2.75) is 26.9 Å². The number of H-pyrrole nitrogens is 2. The Morgan fingerprint density at radius 2 is 1.79 bits per heavy atom. The molecule has 0 aliphatic heterocycles. The maximum atomic E-state index is 12.5. The van der Waals surface area contributed by atoms with Crippen LogP contribution in [0.15, 0.2) is 33.9 Å². The first kappa shape index (κ1) is 17.8. The van der Waals surface area contributed by atoms with E-state index in [4.69, 9.17) is 16.3 Å². The van der Waals surface area contributed by atoms with Gasteiger partial charge in [0.25, 0.3) is 11.5 Å². The standard InChI is InChI=1S/C16H18ClN3O4/c1-8(2)13(24-11-6-4-10(17)5-7-11)15(22)19-12-9(3)18-16(23)20-14(12)21/h4-8,13H,1-3H3,(H,19,22)(H2,18,20,21,23). The Kier molecular flexibility index (Phi) is 5.46.